The van der Waals surface area contributed by atoms with E-state index < -0.39 is 0 Å². The van der Waals surface area contributed by atoms with Crippen LogP contribution < -0.4 is 5.32 Å². The fraction of sp³-hybridized carbons (Fsp3) is 0.0909. The van der Waals surface area contributed by atoms with Crippen LogP contribution in [0.15, 0.2) is 36.7 Å². The molecule has 2 N–H and O–H groups in total. The average Bonchev–Trinajstić information content (AvgIpc) is 2.68. The third-order valence-corrected chi connectivity index (χ3v) is 2.47. The van der Waals surface area contributed by atoms with Crippen LogP contribution in [0.1, 0.15) is 0 Å². The summed E-state index contributed by atoms with van der Waals surface area (Å²) in [5.41, 5.74) is 0.369. The van der Waals surface area contributed by atoms with E-state index in [1.54, 1.807) is 24.4 Å². The minimum Gasteiger partial charge on any atom is -0.506 e. The van der Waals surface area contributed by atoms with E-state index >= 15 is 0 Å². The van der Waals surface area contributed by atoms with Crippen molar-refractivity contribution in [3.8, 4) is 5.75 Å². The molecule has 0 aliphatic carbocycles. The Morgan fingerprint density at radius 3 is 2.88 bits per heavy atom. The third-order valence-electron chi connectivity index (χ3n) is 2.16. The van der Waals surface area contributed by atoms with Gasteiger partial charge < -0.3 is 15.0 Å². The van der Waals surface area contributed by atoms with E-state index in [4.69, 9.17) is 11.6 Å². The number of phenolic OH excluding ortho intramolecular Hbond substituents is 1. The van der Waals surface area contributed by atoms with Crippen LogP contribution >= 0.6 is 11.6 Å². The second-order valence-corrected chi connectivity index (χ2v) is 3.73. The summed E-state index contributed by atoms with van der Waals surface area (Å²) in [6, 6.07) is 6.51. The van der Waals surface area contributed by atoms with Crippen LogP contribution in [-0.2, 0) is 11.3 Å². The molecule has 0 saturated heterocycles. The van der Waals surface area contributed by atoms with Crippen molar-refractivity contribution in [1.29, 1.82) is 0 Å². The zero-order valence-electron chi connectivity index (χ0n) is 8.80. The van der Waals surface area contributed by atoms with Crippen LogP contribution in [0.4, 0.5) is 5.69 Å². The smallest absolute Gasteiger partial charge is 0.244 e. The van der Waals surface area contributed by atoms with Gasteiger partial charge in [0.25, 0.3) is 0 Å². The van der Waals surface area contributed by atoms with Gasteiger partial charge in [-0.15, -0.1) is 0 Å². The number of imidazole rings is 1. The topological polar surface area (TPSA) is 67.2 Å². The Kier molecular flexibility index (Phi) is 3.30. The highest BCUT2D eigenvalue weighted by Crippen LogP contribution is 2.21. The average molecular weight is 252 g/mol. The van der Waals surface area contributed by atoms with Gasteiger partial charge in [0.15, 0.2) is 0 Å². The molecule has 0 aliphatic rings. The first-order chi connectivity index (χ1) is 8.16. The molecule has 6 heteroatoms. The van der Waals surface area contributed by atoms with Gasteiger partial charge in [-0.2, -0.15) is 0 Å². The number of phenols is 1. The molecule has 2 aromatic rings. The molecule has 5 nitrogen and oxygen atoms in total. The summed E-state index contributed by atoms with van der Waals surface area (Å²) in [4.78, 5) is 15.4. The Morgan fingerprint density at radius 1 is 1.47 bits per heavy atom. The van der Waals surface area contributed by atoms with Gasteiger partial charge in [0.05, 0.1) is 5.69 Å². The van der Waals surface area contributed by atoms with Crippen molar-refractivity contribution in [1.82, 2.24) is 9.55 Å². The van der Waals surface area contributed by atoms with Crippen LogP contribution in [0.25, 0.3) is 0 Å². The van der Waals surface area contributed by atoms with Crippen molar-refractivity contribution >= 4 is 23.2 Å². The molecule has 88 valence electrons. The highest BCUT2D eigenvalue weighted by atomic mass is 35.5. The number of halogens is 1. The molecule has 0 spiro atoms. The number of nitrogens with zero attached hydrogens (tertiary/aromatic N) is 2. The number of aromatic hydroxyl groups is 1. The van der Waals surface area contributed by atoms with Crippen molar-refractivity contribution in [2.75, 3.05) is 5.32 Å². The summed E-state index contributed by atoms with van der Waals surface area (Å²) in [5, 5.41) is 12.3. The maximum Gasteiger partial charge on any atom is 0.244 e. The van der Waals surface area contributed by atoms with E-state index in [0.717, 1.165) is 0 Å². The number of rotatable bonds is 3. The number of hydrogen-bond acceptors (Lipinski definition) is 3. The van der Waals surface area contributed by atoms with E-state index in [1.165, 1.54) is 16.8 Å². The maximum atomic E-state index is 11.7. The Bertz CT molecular complexity index is 539. The molecule has 0 radical (unpaired) electrons. The number of hydrogen-bond donors (Lipinski definition) is 2. The molecular formula is C11H10ClN3O2. The second kappa shape index (κ2) is 4.88. The zero-order chi connectivity index (χ0) is 12.3. The molecule has 0 aliphatic heterocycles. The number of carbonyl (C=O) groups excluding carboxylic acids is 1. The van der Waals surface area contributed by atoms with Crippen molar-refractivity contribution < 1.29 is 9.90 Å². The van der Waals surface area contributed by atoms with Crippen LogP contribution in [0.3, 0.4) is 0 Å². The highest BCUT2D eigenvalue weighted by Gasteiger charge is 2.08. The molecule has 1 amide bonds. The Morgan fingerprint density at radius 2 is 2.24 bits per heavy atom. The fourth-order valence-electron chi connectivity index (χ4n) is 1.35. The molecule has 0 atom stereocenters. The van der Waals surface area contributed by atoms with E-state index in [2.05, 4.69) is 10.3 Å². The quantitative estimate of drug-likeness (QED) is 0.819. The molecule has 0 unspecified atom stereocenters. The van der Waals surface area contributed by atoms with Crippen LogP contribution in [0.5, 0.6) is 5.75 Å². The Hall–Kier alpha value is -2.01. The lowest BCUT2D eigenvalue weighted by atomic mass is 10.3. The number of carbonyl (C=O) groups is 1. The minimum absolute atomic E-state index is 0.0255. The van der Waals surface area contributed by atoms with Crippen LogP contribution in [0.2, 0.25) is 5.28 Å². The molecule has 1 aromatic carbocycles. The largest absolute Gasteiger partial charge is 0.506 e. The summed E-state index contributed by atoms with van der Waals surface area (Å²) >= 11 is 5.74. The van der Waals surface area contributed by atoms with Gasteiger partial charge in [0.1, 0.15) is 12.3 Å². The first kappa shape index (κ1) is 11.5. The SMILES string of the molecule is O=C(Cn1ccnc1Cl)Nc1ccccc1O. The summed E-state index contributed by atoms with van der Waals surface area (Å²) in [7, 11) is 0. The summed E-state index contributed by atoms with van der Waals surface area (Å²) in [6.07, 6.45) is 3.11. The number of amides is 1. The third kappa shape index (κ3) is 2.76. The molecule has 0 saturated carbocycles. The van der Waals surface area contributed by atoms with Gasteiger partial charge in [-0.1, -0.05) is 12.1 Å². The number of nitrogens with one attached hydrogen (secondary N) is 1. The van der Waals surface area contributed by atoms with Crippen molar-refractivity contribution in [2.24, 2.45) is 0 Å². The molecule has 17 heavy (non-hydrogen) atoms. The van der Waals surface area contributed by atoms with E-state index in [-0.39, 0.29) is 23.5 Å². The zero-order valence-corrected chi connectivity index (χ0v) is 9.55. The van der Waals surface area contributed by atoms with Crippen molar-refractivity contribution in [3.05, 3.63) is 41.9 Å². The monoisotopic (exact) mass is 251 g/mol. The number of anilines is 1. The fourth-order valence-corrected chi connectivity index (χ4v) is 1.53. The van der Waals surface area contributed by atoms with Gasteiger partial charge in [-0.3, -0.25) is 4.79 Å². The second-order valence-electron chi connectivity index (χ2n) is 3.39. The Labute approximate surface area is 103 Å². The normalized spacial score (nSPS) is 10.2. The van der Waals surface area contributed by atoms with Gasteiger partial charge in [-0.05, 0) is 23.7 Å². The molecule has 2 rings (SSSR count). The lowest BCUT2D eigenvalue weighted by Gasteiger charge is -2.07. The van der Waals surface area contributed by atoms with E-state index in [0.29, 0.717) is 5.69 Å². The predicted octanol–water partition coefficient (Wildman–Crippen LogP) is 1.88. The van der Waals surface area contributed by atoms with E-state index in [1.807, 2.05) is 0 Å². The summed E-state index contributed by atoms with van der Waals surface area (Å²) < 4.78 is 1.50. The molecule has 0 bridgehead atoms. The highest BCUT2D eigenvalue weighted by molar-refractivity contribution is 6.28. The lowest BCUT2D eigenvalue weighted by molar-refractivity contribution is -0.116. The van der Waals surface area contributed by atoms with Gasteiger partial charge in [0.2, 0.25) is 11.2 Å². The number of benzene rings is 1. The van der Waals surface area contributed by atoms with Crippen molar-refractivity contribution in [3.63, 3.8) is 0 Å². The minimum atomic E-state index is -0.286. The lowest BCUT2D eigenvalue weighted by Crippen LogP contribution is -2.18. The van der Waals surface area contributed by atoms with Crippen LogP contribution in [-0.4, -0.2) is 20.6 Å². The van der Waals surface area contributed by atoms with Crippen LogP contribution in [0, 0.1) is 0 Å². The van der Waals surface area contributed by atoms with Gasteiger partial charge >= 0.3 is 0 Å². The first-order valence-electron chi connectivity index (χ1n) is 4.91. The first-order valence-corrected chi connectivity index (χ1v) is 5.29. The maximum absolute atomic E-state index is 11.7. The molecule has 1 aromatic heterocycles. The molecule has 0 fully saturated rings. The standard InChI is InChI=1S/C11H10ClN3O2/c12-11-13-5-6-15(11)7-10(17)14-8-3-1-2-4-9(8)16/h1-6,16H,7H2,(H,14,17). The van der Waals surface area contributed by atoms with E-state index in [9.17, 15) is 9.90 Å². The predicted molar refractivity (Wildman–Crippen MR) is 64.0 cm³/mol. The number of aromatic nitrogens is 2. The Balaban J connectivity index is 2.03. The molecule has 1 heterocycles. The number of para-hydroxylation sites is 2. The molecular weight excluding hydrogens is 242 g/mol. The van der Waals surface area contributed by atoms with Crippen molar-refractivity contribution in [2.45, 2.75) is 6.54 Å². The van der Waals surface area contributed by atoms with Gasteiger partial charge in [-0.25, -0.2) is 4.98 Å². The van der Waals surface area contributed by atoms with Gasteiger partial charge in [0, 0.05) is 12.4 Å². The summed E-state index contributed by atoms with van der Waals surface area (Å²) in [5.74, 6) is -0.260. The summed E-state index contributed by atoms with van der Waals surface area (Å²) in [6.45, 7) is 0.0488.